The third kappa shape index (κ3) is 3.06. The Labute approximate surface area is 113 Å². The second-order valence-electron chi connectivity index (χ2n) is 3.63. The molecule has 0 aliphatic carbocycles. The van der Waals surface area contributed by atoms with E-state index in [0.29, 0.717) is 11.3 Å². The average molecular weight is 276 g/mol. The van der Waals surface area contributed by atoms with E-state index in [1.165, 1.54) is 30.5 Å². The number of carbonyl (C=O) groups excluding carboxylic acids is 1. The van der Waals surface area contributed by atoms with Gasteiger partial charge in [-0.25, -0.2) is 4.98 Å². The highest BCUT2D eigenvalue weighted by Gasteiger charge is 2.10. The van der Waals surface area contributed by atoms with Gasteiger partial charge in [-0.3, -0.25) is 4.79 Å². The number of anilines is 1. The number of benzene rings is 1. The van der Waals surface area contributed by atoms with E-state index < -0.39 is 11.9 Å². The maximum absolute atomic E-state index is 12.9. The zero-order valence-electron chi connectivity index (χ0n) is 9.52. The lowest BCUT2D eigenvalue weighted by molar-refractivity contribution is 0.102. The Morgan fingerprint density at radius 1 is 1.37 bits per heavy atom. The summed E-state index contributed by atoms with van der Waals surface area (Å²) in [5, 5.41) is 11.5. The van der Waals surface area contributed by atoms with E-state index in [2.05, 4.69) is 10.3 Å². The summed E-state index contributed by atoms with van der Waals surface area (Å²) in [4.78, 5) is 15.2. The molecule has 0 radical (unpaired) electrons. The van der Waals surface area contributed by atoms with Gasteiger partial charge in [0, 0.05) is 17.8 Å². The van der Waals surface area contributed by atoms with E-state index >= 15 is 0 Å². The number of aromatic nitrogens is 1. The Morgan fingerprint density at radius 3 is 2.79 bits per heavy atom. The summed E-state index contributed by atoms with van der Waals surface area (Å²) in [6.45, 7) is 0. The van der Waals surface area contributed by atoms with Crippen molar-refractivity contribution in [3.05, 3.63) is 58.6 Å². The molecular weight excluding hydrogens is 269 g/mol. The molecule has 19 heavy (non-hydrogen) atoms. The fraction of sp³-hybridized carbons (Fsp3) is 0. The molecule has 1 N–H and O–H groups in total. The molecular formula is C13H7ClFN3O. The summed E-state index contributed by atoms with van der Waals surface area (Å²) in [5.41, 5.74) is 0.869. The minimum atomic E-state index is -0.737. The number of carbonyl (C=O) groups is 1. The molecule has 0 atom stereocenters. The molecule has 1 amide bonds. The topological polar surface area (TPSA) is 65.8 Å². The molecule has 1 heterocycles. The highest BCUT2D eigenvalue weighted by Crippen LogP contribution is 2.23. The number of hydrogen-bond acceptors (Lipinski definition) is 3. The number of hydrogen-bond donors (Lipinski definition) is 1. The van der Waals surface area contributed by atoms with Crippen LogP contribution in [0.2, 0.25) is 5.02 Å². The van der Waals surface area contributed by atoms with Crippen LogP contribution in [0.4, 0.5) is 10.1 Å². The van der Waals surface area contributed by atoms with E-state index in [4.69, 9.17) is 16.9 Å². The maximum atomic E-state index is 12.9. The number of nitrogens with zero attached hydrogens (tertiary/aromatic N) is 2. The smallest absolute Gasteiger partial charge is 0.255 e. The Balaban J connectivity index is 2.22. The van der Waals surface area contributed by atoms with Gasteiger partial charge in [-0.15, -0.1) is 0 Å². The minimum Gasteiger partial charge on any atom is -0.321 e. The van der Waals surface area contributed by atoms with Crippen LogP contribution in [0.5, 0.6) is 0 Å². The third-order valence-corrected chi connectivity index (χ3v) is 2.65. The predicted octanol–water partition coefficient (Wildman–Crippen LogP) is 3.00. The number of pyridine rings is 1. The van der Waals surface area contributed by atoms with E-state index in [1.807, 2.05) is 6.07 Å². The van der Waals surface area contributed by atoms with Crippen molar-refractivity contribution in [2.75, 3.05) is 5.32 Å². The first-order valence-corrected chi connectivity index (χ1v) is 5.60. The van der Waals surface area contributed by atoms with Crippen molar-refractivity contribution >= 4 is 23.2 Å². The number of nitriles is 1. The number of amides is 1. The van der Waals surface area contributed by atoms with Gasteiger partial charge in [0.2, 0.25) is 5.95 Å². The van der Waals surface area contributed by atoms with E-state index in [9.17, 15) is 9.18 Å². The molecule has 0 fully saturated rings. The van der Waals surface area contributed by atoms with Crippen molar-refractivity contribution in [3.8, 4) is 6.07 Å². The fourth-order valence-corrected chi connectivity index (χ4v) is 1.65. The first-order valence-electron chi connectivity index (χ1n) is 5.22. The Hall–Kier alpha value is -2.45. The number of rotatable bonds is 2. The highest BCUT2D eigenvalue weighted by atomic mass is 35.5. The summed E-state index contributed by atoms with van der Waals surface area (Å²) in [7, 11) is 0. The van der Waals surface area contributed by atoms with Crippen molar-refractivity contribution in [1.82, 2.24) is 4.98 Å². The highest BCUT2D eigenvalue weighted by molar-refractivity contribution is 6.34. The lowest BCUT2D eigenvalue weighted by atomic mass is 10.2. The lowest BCUT2D eigenvalue weighted by Gasteiger charge is -2.07. The van der Waals surface area contributed by atoms with E-state index in [1.54, 1.807) is 0 Å². The van der Waals surface area contributed by atoms with Crippen LogP contribution in [0, 0.1) is 17.3 Å². The Morgan fingerprint density at radius 2 is 2.16 bits per heavy atom. The monoisotopic (exact) mass is 275 g/mol. The van der Waals surface area contributed by atoms with E-state index in [-0.39, 0.29) is 10.6 Å². The molecule has 2 rings (SSSR count). The van der Waals surface area contributed by atoms with Crippen LogP contribution in [-0.2, 0) is 0 Å². The normalized spacial score (nSPS) is 9.74. The number of nitrogens with one attached hydrogen (secondary N) is 1. The molecule has 0 saturated carbocycles. The van der Waals surface area contributed by atoms with Gasteiger partial charge in [-0.05, 0) is 24.3 Å². The van der Waals surface area contributed by atoms with Gasteiger partial charge in [0.25, 0.3) is 5.91 Å². The molecule has 2 aromatic rings. The number of halogens is 2. The molecule has 6 heteroatoms. The molecule has 0 saturated heterocycles. The van der Waals surface area contributed by atoms with Gasteiger partial charge in [-0.2, -0.15) is 9.65 Å². The standard InChI is InChI=1S/C13H7ClFN3O/c14-10-5-8(7-16)1-2-11(10)18-13(19)9-3-4-17-12(15)6-9/h1-6H,(H,18,19). The predicted molar refractivity (Wildman–Crippen MR) is 68.3 cm³/mol. The molecule has 1 aromatic carbocycles. The molecule has 0 spiro atoms. The van der Waals surface area contributed by atoms with Crippen LogP contribution in [0.25, 0.3) is 0 Å². The first-order chi connectivity index (χ1) is 9.10. The summed E-state index contributed by atoms with van der Waals surface area (Å²) < 4.78 is 12.9. The molecule has 1 aromatic heterocycles. The molecule has 0 aliphatic heterocycles. The quantitative estimate of drug-likeness (QED) is 0.857. The van der Waals surface area contributed by atoms with Crippen molar-refractivity contribution < 1.29 is 9.18 Å². The fourth-order valence-electron chi connectivity index (χ4n) is 1.42. The zero-order valence-corrected chi connectivity index (χ0v) is 10.3. The molecule has 0 unspecified atom stereocenters. The molecule has 94 valence electrons. The summed E-state index contributed by atoms with van der Waals surface area (Å²) in [6.07, 6.45) is 1.20. The maximum Gasteiger partial charge on any atom is 0.255 e. The molecule has 0 bridgehead atoms. The van der Waals surface area contributed by atoms with Gasteiger partial charge in [0.15, 0.2) is 0 Å². The Bertz CT molecular complexity index is 682. The largest absolute Gasteiger partial charge is 0.321 e. The van der Waals surface area contributed by atoms with E-state index in [0.717, 1.165) is 6.07 Å². The third-order valence-electron chi connectivity index (χ3n) is 2.34. The lowest BCUT2D eigenvalue weighted by Crippen LogP contribution is -2.12. The zero-order chi connectivity index (χ0) is 13.8. The van der Waals surface area contributed by atoms with Gasteiger partial charge in [-0.1, -0.05) is 11.6 Å². The van der Waals surface area contributed by atoms with Crippen LogP contribution < -0.4 is 5.32 Å². The Kier molecular flexibility index (Phi) is 3.74. The summed E-state index contributed by atoms with van der Waals surface area (Å²) in [5.74, 6) is -1.24. The second-order valence-corrected chi connectivity index (χ2v) is 4.03. The van der Waals surface area contributed by atoms with Crippen molar-refractivity contribution in [2.45, 2.75) is 0 Å². The average Bonchev–Trinajstić information content (AvgIpc) is 2.41. The summed E-state index contributed by atoms with van der Waals surface area (Å²) >= 11 is 5.92. The summed E-state index contributed by atoms with van der Waals surface area (Å²) in [6, 6.07) is 8.81. The van der Waals surface area contributed by atoms with Crippen molar-refractivity contribution in [1.29, 1.82) is 5.26 Å². The minimum absolute atomic E-state index is 0.132. The first kappa shape index (κ1) is 13.0. The van der Waals surface area contributed by atoms with Crippen LogP contribution in [-0.4, -0.2) is 10.9 Å². The molecule has 4 nitrogen and oxygen atoms in total. The SMILES string of the molecule is N#Cc1ccc(NC(=O)c2ccnc(F)c2)c(Cl)c1. The van der Waals surface area contributed by atoms with Crippen LogP contribution in [0.1, 0.15) is 15.9 Å². The van der Waals surface area contributed by atoms with Crippen LogP contribution in [0.3, 0.4) is 0 Å². The van der Waals surface area contributed by atoms with Gasteiger partial charge in [0.05, 0.1) is 22.3 Å². The van der Waals surface area contributed by atoms with Gasteiger partial charge in [0.1, 0.15) is 0 Å². The molecule has 0 aliphatic rings. The van der Waals surface area contributed by atoms with Crippen LogP contribution >= 0.6 is 11.6 Å². The van der Waals surface area contributed by atoms with Gasteiger partial charge < -0.3 is 5.32 Å². The van der Waals surface area contributed by atoms with Gasteiger partial charge >= 0.3 is 0 Å². The van der Waals surface area contributed by atoms with Crippen molar-refractivity contribution in [2.24, 2.45) is 0 Å². The van der Waals surface area contributed by atoms with Crippen molar-refractivity contribution in [3.63, 3.8) is 0 Å². The van der Waals surface area contributed by atoms with Crippen LogP contribution in [0.15, 0.2) is 36.5 Å². The second kappa shape index (κ2) is 5.46.